The van der Waals surface area contributed by atoms with Crippen LogP contribution in [0.5, 0.6) is 0 Å². The molecule has 2 unspecified atom stereocenters. The molecule has 6 heteroatoms. The third-order valence-electron chi connectivity index (χ3n) is 5.05. The van der Waals surface area contributed by atoms with Crippen LogP contribution in [0.1, 0.15) is 44.2 Å². The quantitative estimate of drug-likeness (QED) is 0.727. The van der Waals surface area contributed by atoms with Crippen LogP contribution in [-0.2, 0) is 19.1 Å². The predicted molar refractivity (Wildman–Crippen MR) is 106 cm³/mol. The van der Waals surface area contributed by atoms with Gasteiger partial charge in [0.15, 0.2) is 0 Å². The summed E-state index contributed by atoms with van der Waals surface area (Å²) in [6.45, 7) is 2.78. The topological polar surface area (TPSA) is 84.9 Å². The van der Waals surface area contributed by atoms with Gasteiger partial charge in [0.05, 0.1) is 25.2 Å². The number of carbonyl (C=O) groups excluding carboxylic acids is 1. The summed E-state index contributed by atoms with van der Waals surface area (Å²) in [4.78, 5) is 23.9. The number of nitrogens with one attached hydrogen (secondary N) is 1. The van der Waals surface area contributed by atoms with E-state index < -0.39 is 18.1 Å². The zero-order valence-corrected chi connectivity index (χ0v) is 16.1. The van der Waals surface area contributed by atoms with E-state index in [-0.39, 0.29) is 18.4 Å². The second-order valence-corrected chi connectivity index (χ2v) is 7.23. The zero-order valence-electron chi connectivity index (χ0n) is 16.1. The van der Waals surface area contributed by atoms with Gasteiger partial charge in [0.2, 0.25) is 5.91 Å². The molecule has 28 heavy (non-hydrogen) atoms. The average Bonchev–Trinajstić information content (AvgIpc) is 2.71. The van der Waals surface area contributed by atoms with Gasteiger partial charge in [-0.1, -0.05) is 36.4 Å². The van der Waals surface area contributed by atoms with Crippen LogP contribution < -0.4 is 5.32 Å². The van der Waals surface area contributed by atoms with Crippen molar-refractivity contribution in [3.05, 3.63) is 48.0 Å². The van der Waals surface area contributed by atoms with Gasteiger partial charge in [-0.25, -0.2) is 0 Å². The lowest BCUT2D eigenvalue weighted by Gasteiger charge is -2.25. The summed E-state index contributed by atoms with van der Waals surface area (Å²) >= 11 is 0. The van der Waals surface area contributed by atoms with E-state index in [1.165, 1.54) is 0 Å². The number of benzene rings is 2. The molecule has 1 aliphatic rings. The summed E-state index contributed by atoms with van der Waals surface area (Å²) in [5.74, 6) is -1.29. The minimum absolute atomic E-state index is 0.0271. The van der Waals surface area contributed by atoms with Gasteiger partial charge < -0.3 is 19.9 Å². The Bertz CT molecular complexity index is 815. The van der Waals surface area contributed by atoms with E-state index in [0.717, 1.165) is 42.2 Å². The maximum Gasteiger partial charge on any atom is 0.305 e. The fourth-order valence-corrected chi connectivity index (χ4v) is 3.41. The van der Waals surface area contributed by atoms with Crippen LogP contribution in [-0.4, -0.2) is 42.4 Å². The number of amides is 1. The largest absolute Gasteiger partial charge is 0.481 e. The molecule has 0 bridgehead atoms. The molecule has 0 spiro atoms. The van der Waals surface area contributed by atoms with Gasteiger partial charge in [0.1, 0.15) is 6.10 Å². The van der Waals surface area contributed by atoms with Crippen molar-refractivity contribution in [3.63, 3.8) is 0 Å². The number of fused-ring (bicyclic) bond motifs is 1. The monoisotopic (exact) mass is 385 g/mol. The number of carboxylic acid groups (broad SMARTS) is 1. The molecule has 0 radical (unpaired) electrons. The molecule has 2 N–H and O–H groups in total. The molecule has 3 rings (SSSR count). The van der Waals surface area contributed by atoms with Crippen molar-refractivity contribution >= 4 is 22.6 Å². The number of ether oxygens (including phenoxy) is 2. The van der Waals surface area contributed by atoms with Crippen molar-refractivity contribution in [2.75, 3.05) is 13.2 Å². The van der Waals surface area contributed by atoms with Crippen molar-refractivity contribution in [1.29, 1.82) is 0 Å². The summed E-state index contributed by atoms with van der Waals surface area (Å²) in [6, 6.07) is 12.9. The molecule has 0 saturated carbocycles. The minimum Gasteiger partial charge on any atom is -0.481 e. The number of hydrogen-bond acceptors (Lipinski definition) is 4. The number of rotatable bonds is 8. The van der Waals surface area contributed by atoms with Crippen LogP contribution in [0.2, 0.25) is 0 Å². The van der Waals surface area contributed by atoms with E-state index in [1.54, 1.807) is 6.92 Å². The van der Waals surface area contributed by atoms with E-state index in [0.29, 0.717) is 6.61 Å². The second-order valence-electron chi connectivity index (χ2n) is 7.23. The fraction of sp³-hybridized carbons (Fsp3) is 0.455. The van der Waals surface area contributed by atoms with Crippen molar-refractivity contribution < 1.29 is 24.2 Å². The van der Waals surface area contributed by atoms with E-state index in [9.17, 15) is 14.7 Å². The summed E-state index contributed by atoms with van der Waals surface area (Å²) in [6.07, 6.45) is 2.27. The van der Waals surface area contributed by atoms with Gasteiger partial charge in [0.25, 0.3) is 0 Å². The van der Waals surface area contributed by atoms with Crippen LogP contribution in [0, 0.1) is 0 Å². The molecule has 1 amide bonds. The molecule has 1 aliphatic heterocycles. The maximum absolute atomic E-state index is 12.6. The molecular weight excluding hydrogens is 358 g/mol. The fourth-order valence-electron chi connectivity index (χ4n) is 3.41. The Morgan fingerprint density at radius 3 is 2.71 bits per heavy atom. The predicted octanol–water partition coefficient (Wildman–Crippen LogP) is 3.45. The molecule has 0 aliphatic carbocycles. The summed E-state index contributed by atoms with van der Waals surface area (Å²) < 4.78 is 11.3. The van der Waals surface area contributed by atoms with Crippen molar-refractivity contribution in [2.24, 2.45) is 0 Å². The molecule has 150 valence electrons. The Morgan fingerprint density at radius 1 is 1.21 bits per heavy atom. The molecule has 3 atom stereocenters. The standard InChI is InChI=1S/C22H27NO5/c1-15(28-14-19-8-4-5-11-27-19)22(26)23-20(13-21(24)25)18-10-9-16-6-2-3-7-17(16)12-18/h2-3,6-7,9-10,12,15,19-20H,4-5,8,11,13-14H2,1H3,(H,23,26)(H,24,25)/t15?,19?,20-/m0/s1. The first-order valence-corrected chi connectivity index (χ1v) is 9.77. The average molecular weight is 385 g/mol. The molecule has 1 heterocycles. The normalized spacial score (nSPS) is 19.1. The number of carboxylic acids is 1. The van der Waals surface area contributed by atoms with Gasteiger partial charge in [-0.05, 0) is 48.6 Å². The summed E-state index contributed by atoms with van der Waals surface area (Å²) in [7, 11) is 0. The molecule has 6 nitrogen and oxygen atoms in total. The first-order valence-electron chi connectivity index (χ1n) is 9.77. The lowest BCUT2D eigenvalue weighted by Crippen LogP contribution is -2.39. The van der Waals surface area contributed by atoms with E-state index >= 15 is 0 Å². The molecule has 2 aromatic rings. The third-order valence-corrected chi connectivity index (χ3v) is 5.05. The van der Waals surface area contributed by atoms with Crippen molar-refractivity contribution in [2.45, 2.75) is 50.9 Å². The molecule has 0 aromatic heterocycles. The minimum atomic E-state index is -0.970. The van der Waals surface area contributed by atoms with Gasteiger partial charge in [0, 0.05) is 6.61 Å². The first-order chi connectivity index (χ1) is 13.5. The smallest absolute Gasteiger partial charge is 0.305 e. The van der Waals surface area contributed by atoms with Crippen LogP contribution in [0.3, 0.4) is 0 Å². The van der Waals surface area contributed by atoms with Gasteiger partial charge in [-0.3, -0.25) is 9.59 Å². The molecule has 2 aromatic carbocycles. The van der Waals surface area contributed by atoms with E-state index in [2.05, 4.69) is 5.32 Å². The molecule has 1 fully saturated rings. The third kappa shape index (κ3) is 5.53. The van der Waals surface area contributed by atoms with E-state index in [4.69, 9.17) is 9.47 Å². The first kappa shape index (κ1) is 20.3. The molecule has 1 saturated heterocycles. The summed E-state index contributed by atoms with van der Waals surface area (Å²) in [5.41, 5.74) is 0.761. The SMILES string of the molecule is CC(OCC1CCCCO1)C(=O)N[C@@H](CC(=O)O)c1ccc2ccccc2c1. The van der Waals surface area contributed by atoms with Crippen molar-refractivity contribution in [3.8, 4) is 0 Å². The molecular formula is C22H27NO5. The van der Waals surface area contributed by atoms with Gasteiger partial charge in [-0.15, -0.1) is 0 Å². The lowest BCUT2D eigenvalue weighted by molar-refractivity contribution is -0.139. The van der Waals surface area contributed by atoms with Crippen LogP contribution >= 0.6 is 0 Å². The Kier molecular flexibility index (Phi) is 7.01. The second kappa shape index (κ2) is 9.66. The van der Waals surface area contributed by atoms with Crippen LogP contribution in [0.25, 0.3) is 10.8 Å². The Morgan fingerprint density at radius 2 is 2.00 bits per heavy atom. The van der Waals surface area contributed by atoms with E-state index in [1.807, 2.05) is 42.5 Å². The highest BCUT2D eigenvalue weighted by Crippen LogP contribution is 2.23. The summed E-state index contributed by atoms with van der Waals surface area (Å²) in [5, 5.41) is 14.2. The highest BCUT2D eigenvalue weighted by Gasteiger charge is 2.23. The maximum atomic E-state index is 12.6. The highest BCUT2D eigenvalue weighted by molar-refractivity contribution is 5.84. The Labute approximate surface area is 164 Å². The van der Waals surface area contributed by atoms with Gasteiger partial charge in [-0.2, -0.15) is 0 Å². The van der Waals surface area contributed by atoms with Crippen LogP contribution in [0.4, 0.5) is 0 Å². The zero-order chi connectivity index (χ0) is 19.9. The van der Waals surface area contributed by atoms with Gasteiger partial charge >= 0.3 is 5.97 Å². The number of hydrogen-bond donors (Lipinski definition) is 2. The highest BCUT2D eigenvalue weighted by atomic mass is 16.5. The Balaban J connectivity index is 1.65. The lowest BCUT2D eigenvalue weighted by atomic mass is 9.99. The Hall–Kier alpha value is -2.44. The number of aliphatic carboxylic acids is 1. The number of carbonyl (C=O) groups is 2. The van der Waals surface area contributed by atoms with Crippen molar-refractivity contribution in [1.82, 2.24) is 5.32 Å². The van der Waals surface area contributed by atoms with Crippen LogP contribution in [0.15, 0.2) is 42.5 Å².